The van der Waals surface area contributed by atoms with Crippen LogP contribution in [0, 0.1) is 13.8 Å². The van der Waals surface area contributed by atoms with E-state index >= 15 is 0 Å². The van der Waals surface area contributed by atoms with Crippen molar-refractivity contribution in [3.63, 3.8) is 0 Å². The molecule has 3 rings (SSSR count). The molecule has 10 nitrogen and oxygen atoms in total. The summed E-state index contributed by atoms with van der Waals surface area (Å²) in [6.07, 6.45) is 1.04. The Bertz CT molecular complexity index is 1540. The molecule has 2 N–H and O–H groups in total. The molecular formula is C26H31N3O7S2. The van der Waals surface area contributed by atoms with Gasteiger partial charge in [0.25, 0.3) is 10.0 Å². The van der Waals surface area contributed by atoms with Crippen LogP contribution in [0.2, 0.25) is 0 Å². The largest absolute Gasteiger partial charge is 0.497 e. The van der Waals surface area contributed by atoms with Crippen LogP contribution in [0.3, 0.4) is 0 Å². The average molecular weight is 562 g/mol. The third-order valence-corrected chi connectivity index (χ3v) is 8.38. The highest BCUT2D eigenvalue weighted by molar-refractivity contribution is 7.92. The van der Waals surface area contributed by atoms with Gasteiger partial charge in [-0.05, 0) is 74.4 Å². The second-order valence-electron chi connectivity index (χ2n) is 8.71. The summed E-state index contributed by atoms with van der Waals surface area (Å²) in [5.41, 5.74) is 2.47. The van der Waals surface area contributed by atoms with Gasteiger partial charge in [-0.15, -0.1) is 0 Å². The van der Waals surface area contributed by atoms with Crippen LogP contribution in [0.15, 0.2) is 65.6 Å². The van der Waals surface area contributed by atoms with Crippen molar-refractivity contribution in [3.8, 4) is 11.5 Å². The van der Waals surface area contributed by atoms with Gasteiger partial charge in [0.2, 0.25) is 15.9 Å². The standard InChI is InChI=1S/C26H31N3O7S2/c1-17-7-8-18(2)24(15-17)29(37(6,31)32)19(3)26(30)27-20-9-12-22(13-10-20)38(33,34)28-23-16-21(35-4)11-14-25(23)36-5/h7-16,19,28H,1-6H3,(H,27,30)/t19-/m0/s1. The van der Waals surface area contributed by atoms with Gasteiger partial charge < -0.3 is 14.8 Å². The summed E-state index contributed by atoms with van der Waals surface area (Å²) in [5, 5.41) is 2.66. The summed E-state index contributed by atoms with van der Waals surface area (Å²) >= 11 is 0. The highest BCUT2D eigenvalue weighted by Gasteiger charge is 2.30. The van der Waals surface area contributed by atoms with Gasteiger partial charge in [0.1, 0.15) is 17.5 Å². The Morgan fingerprint density at radius 3 is 2.13 bits per heavy atom. The van der Waals surface area contributed by atoms with Crippen LogP contribution in [0.5, 0.6) is 11.5 Å². The summed E-state index contributed by atoms with van der Waals surface area (Å²) in [6.45, 7) is 5.09. The van der Waals surface area contributed by atoms with E-state index in [0.29, 0.717) is 28.4 Å². The second-order valence-corrected chi connectivity index (χ2v) is 12.3. The highest BCUT2D eigenvalue weighted by Crippen LogP contribution is 2.31. The van der Waals surface area contributed by atoms with Gasteiger partial charge in [0.15, 0.2) is 0 Å². The molecule has 0 saturated heterocycles. The Balaban J connectivity index is 1.81. The lowest BCUT2D eigenvalue weighted by Crippen LogP contribution is -2.45. The summed E-state index contributed by atoms with van der Waals surface area (Å²) in [6, 6.07) is 14.5. The number of ether oxygens (including phenoxy) is 2. The summed E-state index contributed by atoms with van der Waals surface area (Å²) in [5.74, 6) is 0.178. The normalized spacial score (nSPS) is 12.4. The summed E-state index contributed by atoms with van der Waals surface area (Å²) < 4.78 is 65.1. The molecule has 3 aromatic carbocycles. The van der Waals surface area contributed by atoms with Crippen molar-refractivity contribution < 1.29 is 31.1 Å². The van der Waals surface area contributed by atoms with Gasteiger partial charge in [-0.3, -0.25) is 13.8 Å². The molecule has 0 aliphatic heterocycles. The number of hydrogen-bond acceptors (Lipinski definition) is 7. The summed E-state index contributed by atoms with van der Waals surface area (Å²) in [4.78, 5) is 13.0. The Morgan fingerprint density at radius 1 is 0.895 bits per heavy atom. The molecule has 204 valence electrons. The van der Waals surface area contributed by atoms with Gasteiger partial charge in [-0.25, -0.2) is 16.8 Å². The lowest BCUT2D eigenvalue weighted by Gasteiger charge is -2.29. The number of nitrogens with one attached hydrogen (secondary N) is 2. The molecule has 1 atom stereocenters. The Labute approximate surface area is 223 Å². The van der Waals surface area contributed by atoms with Crippen LogP contribution < -0.4 is 23.8 Å². The fraction of sp³-hybridized carbons (Fsp3) is 0.269. The van der Waals surface area contributed by atoms with E-state index in [9.17, 15) is 21.6 Å². The molecule has 0 aliphatic rings. The molecule has 0 heterocycles. The zero-order valence-electron chi connectivity index (χ0n) is 22.0. The van der Waals surface area contributed by atoms with Crippen LogP contribution in [0.1, 0.15) is 18.1 Å². The first kappa shape index (κ1) is 28.8. The molecule has 0 spiro atoms. The molecule has 3 aromatic rings. The van der Waals surface area contributed by atoms with Crippen LogP contribution in [0.4, 0.5) is 17.1 Å². The predicted octanol–water partition coefficient (Wildman–Crippen LogP) is 3.91. The number of aryl methyl sites for hydroxylation is 2. The maximum Gasteiger partial charge on any atom is 0.262 e. The minimum atomic E-state index is -4.00. The third-order valence-electron chi connectivity index (χ3n) is 5.77. The van der Waals surface area contributed by atoms with E-state index in [1.807, 2.05) is 13.0 Å². The first-order valence-corrected chi connectivity index (χ1v) is 14.8. The van der Waals surface area contributed by atoms with Gasteiger partial charge in [-0.1, -0.05) is 12.1 Å². The van der Waals surface area contributed by atoms with Gasteiger partial charge >= 0.3 is 0 Å². The van der Waals surface area contributed by atoms with Crippen LogP contribution in [0.25, 0.3) is 0 Å². The zero-order chi connectivity index (χ0) is 28.3. The SMILES string of the molecule is COc1ccc(OC)c(NS(=O)(=O)c2ccc(NC(=O)[C@H](C)N(c3cc(C)ccc3C)S(C)(=O)=O)cc2)c1. The van der Waals surface area contributed by atoms with Crippen molar-refractivity contribution in [3.05, 3.63) is 71.8 Å². The fourth-order valence-electron chi connectivity index (χ4n) is 3.80. The van der Waals surface area contributed by atoms with Crippen molar-refractivity contribution >= 4 is 43.0 Å². The topological polar surface area (TPSA) is 131 Å². The monoisotopic (exact) mass is 561 g/mol. The molecule has 12 heteroatoms. The van der Waals surface area contributed by atoms with Gasteiger partial charge in [0.05, 0.1) is 36.7 Å². The number of anilines is 3. The third kappa shape index (κ3) is 6.56. The van der Waals surface area contributed by atoms with Gasteiger partial charge in [0, 0.05) is 11.8 Å². The lowest BCUT2D eigenvalue weighted by atomic mass is 10.1. The van der Waals surface area contributed by atoms with Crippen LogP contribution in [-0.2, 0) is 24.8 Å². The fourth-order valence-corrected chi connectivity index (χ4v) is 6.08. The molecule has 0 radical (unpaired) electrons. The molecule has 0 bridgehead atoms. The minimum absolute atomic E-state index is 0.0541. The smallest absolute Gasteiger partial charge is 0.262 e. The van der Waals surface area contributed by atoms with E-state index in [0.717, 1.165) is 16.1 Å². The van der Waals surface area contributed by atoms with E-state index in [4.69, 9.17) is 9.47 Å². The van der Waals surface area contributed by atoms with Crippen LogP contribution in [-0.4, -0.2) is 49.3 Å². The quantitative estimate of drug-likeness (QED) is 0.384. The van der Waals surface area contributed by atoms with Gasteiger partial charge in [-0.2, -0.15) is 0 Å². The number of methoxy groups -OCH3 is 2. The zero-order valence-corrected chi connectivity index (χ0v) is 23.6. The van der Waals surface area contributed by atoms with Crippen molar-refractivity contribution in [1.29, 1.82) is 0 Å². The van der Waals surface area contributed by atoms with E-state index in [1.165, 1.54) is 51.5 Å². The van der Waals surface area contributed by atoms with E-state index in [1.54, 1.807) is 31.2 Å². The van der Waals surface area contributed by atoms with Crippen molar-refractivity contribution in [2.24, 2.45) is 0 Å². The number of nitrogens with zero attached hydrogens (tertiary/aromatic N) is 1. The Hall–Kier alpha value is -3.77. The van der Waals surface area contributed by atoms with Crippen molar-refractivity contribution in [2.45, 2.75) is 31.7 Å². The lowest BCUT2D eigenvalue weighted by molar-refractivity contribution is -0.116. The number of benzene rings is 3. The minimum Gasteiger partial charge on any atom is -0.497 e. The maximum atomic E-state index is 13.1. The van der Waals surface area contributed by atoms with Crippen molar-refractivity contribution in [2.75, 3.05) is 34.8 Å². The first-order valence-electron chi connectivity index (χ1n) is 11.5. The average Bonchev–Trinajstić information content (AvgIpc) is 2.85. The van der Waals surface area contributed by atoms with E-state index in [-0.39, 0.29) is 10.6 Å². The van der Waals surface area contributed by atoms with Crippen molar-refractivity contribution in [1.82, 2.24) is 0 Å². The Kier molecular flexibility index (Phi) is 8.58. The number of amides is 1. The number of rotatable bonds is 10. The predicted molar refractivity (Wildman–Crippen MR) is 148 cm³/mol. The molecule has 0 fully saturated rings. The highest BCUT2D eigenvalue weighted by atomic mass is 32.2. The molecule has 1 amide bonds. The molecule has 0 saturated carbocycles. The number of sulfonamides is 2. The molecule has 38 heavy (non-hydrogen) atoms. The number of hydrogen-bond donors (Lipinski definition) is 2. The van der Waals surface area contributed by atoms with E-state index < -0.39 is 32.0 Å². The molecule has 0 unspecified atom stereocenters. The van der Waals surface area contributed by atoms with E-state index in [2.05, 4.69) is 10.0 Å². The molecule has 0 aromatic heterocycles. The number of carbonyl (C=O) groups is 1. The molecular weight excluding hydrogens is 530 g/mol. The second kappa shape index (κ2) is 11.3. The van der Waals surface area contributed by atoms with Crippen LogP contribution >= 0.6 is 0 Å². The molecule has 0 aliphatic carbocycles. The number of carbonyl (C=O) groups excluding carboxylic acids is 1. The maximum absolute atomic E-state index is 13.1. The summed E-state index contributed by atoms with van der Waals surface area (Å²) in [7, 11) is -4.91. The Morgan fingerprint density at radius 2 is 1.55 bits per heavy atom. The first-order chi connectivity index (χ1) is 17.8.